The molecule has 4 nitrogen and oxygen atoms in total. The molecule has 0 radical (unpaired) electrons. The van der Waals surface area contributed by atoms with E-state index >= 15 is 0 Å². The van der Waals surface area contributed by atoms with Crippen molar-refractivity contribution in [2.75, 3.05) is 0 Å². The van der Waals surface area contributed by atoms with E-state index in [1.54, 1.807) is 11.3 Å². The number of thiazole rings is 1. The van der Waals surface area contributed by atoms with Crippen molar-refractivity contribution in [1.82, 2.24) is 19.9 Å². The van der Waals surface area contributed by atoms with E-state index in [0.717, 1.165) is 23.8 Å². The maximum Gasteiger partial charge on any atom is 0.107 e. The minimum atomic E-state index is 0.191. The fourth-order valence-electron chi connectivity index (χ4n) is 1.94. The van der Waals surface area contributed by atoms with Crippen LogP contribution in [0.15, 0.2) is 24.1 Å². The molecule has 5 heteroatoms. The predicted octanol–water partition coefficient (Wildman–Crippen LogP) is 2.85. The number of hydrogen-bond donors (Lipinski definition) is 1. The van der Waals surface area contributed by atoms with Gasteiger partial charge in [-0.25, -0.2) is 9.97 Å². The number of nitrogens with zero attached hydrogens (tertiary/aromatic N) is 3. The Kier molecular flexibility index (Phi) is 4.37. The van der Waals surface area contributed by atoms with Gasteiger partial charge in [0.05, 0.1) is 6.33 Å². The van der Waals surface area contributed by atoms with Crippen LogP contribution in [0.4, 0.5) is 0 Å². The molecule has 0 aliphatic carbocycles. The highest BCUT2D eigenvalue weighted by atomic mass is 32.1. The highest BCUT2D eigenvalue weighted by molar-refractivity contribution is 7.09. The van der Waals surface area contributed by atoms with E-state index in [1.807, 2.05) is 25.6 Å². The Hall–Kier alpha value is -1.20. The van der Waals surface area contributed by atoms with Crippen LogP contribution in [-0.2, 0) is 13.1 Å². The largest absolute Gasteiger partial charge is 0.336 e. The molecule has 104 valence electrons. The van der Waals surface area contributed by atoms with Gasteiger partial charge in [0.25, 0.3) is 0 Å². The molecule has 1 N–H and O–H groups in total. The molecule has 2 aromatic rings. The highest BCUT2D eigenvalue weighted by Gasteiger charge is 2.24. The zero-order chi connectivity index (χ0) is 13.9. The summed E-state index contributed by atoms with van der Waals surface area (Å²) in [5, 5.41) is 6.87. The van der Waals surface area contributed by atoms with Crippen LogP contribution in [0.5, 0.6) is 0 Å². The van der Waals surface area contributed by atoms with Crippen molar-refractivity contribution >= 4 is 11.3 Å². The van der Waals surface area contributed by atoms with Gasteiger partial charge in [0, 0.05) is 42.6 Å². The quantitative estimate of drug-likeness (QED) is 0.914. The first-order valence-corrected chi connectivity index (χ1v) is 7.43. The fourth-order valence-corrected chi connectivity index (χ4v) is 2.67. The maximum atomic E-state index is 4.50. The first-order chi connectivity index (χ1) is 8.95. The average Bonchev–Trinajstić information content (AvgIpc) is 2.94. The van der Waals surface area contributed by atoms with Crippen molar-refractivity contribution in [2.24, 2.45) is 5.41 Å². The molecule has 0 aliphatic heterocycles. The molecule has 1 atom stereocenters. The van der Waals surface area contributed by atoms with E-state index in [2.05, 4.69) is 46.0 Å². The number of aromatic nitrogens is 3. The van der Waals surface area contributed by atoms with Crippen LogP contribution in [0.3, 0.4) is 0 Å². The molecule has 0 fully saturated rings. The topological polar surface area (TPSA) is 42.7 Å². The maximum absolute atomic E-state index is 4.50. The van der Waals surface area contributed by atoms with Crippen molar-refractivity contribution in [2.45, 2.75) is 46.8 Å². The van der Waals surface area contributed by atoms with Gasteiger partial charge in [-0.15, -0.1) is 11.3 Å². The lowest BCUT2D eigenvalue weighted by Crippen LogP contribution is -2.42. The molecular formula is C14H22N4S. The average molecular weight is 278 g/mol. The molecule has 0 aromatic carbocycles. The van der Waals surface area contributed by atoms with Gasteiger partial charge < -0.3 is 9.88 Å². The van der Waals surface area contributed by atoms with Crippen LogP contribution in [0.2, 0.25) is 0 Å². The molecule has 2 rings (SSSR count). The van der Waals surface area contributed by atoms with E-state index in [1.165, 1.54) is 0 Å². The van der Waals surface area contributed by atoms with Crippen molar-refractivity contribution in [3.05, 3.63) is 34.8 Å². The van der Waals surface area contributed by atoms with Crippen molar-refractivity contribution < 1.29 is 0 Å². The van der Waals surface area contributed by atoms with Crippen LogP contribution in [0, 0.1) is 12.3 Å². The van der Waals surface area contributed by atoms with E-state index < -0.39 is 0 Å². The minimum Gasteiger partial charge on any atom is -0.336 e. The summed E-state index contributed by atoms with van der Waals surface area (Å²) in [6, 6.07) is 0.380. The predicted molar refractivity (Wildman–Crippen MR) is 79.2 cm³/mol. The molecule has 0 saturated carbocycles. The van der Waals surface area contributed by atoms with Crippen molar-refractivity contribution in [3.8, 4) is 0 Å². The van der Waals surface area contributed by atoms with Gasteiger partial charge in [-0.1, -0.05) is 20.8 Å². The Morgan fingerprint density at radius 1 is 1.42 bits per heavy atom. The second kappa shape index (κ2) is 5.84. The molecule has 0 saturated heterocycles. The third-order valence-corrected chi connectivity index (χ3v) is 4.13. The molecule has 2 aromatic heterocycles. The number of rotatable bonds is 5. The third-order valence-electron chi connectivity index (χ3n) is 3.16. The Bertz CT molecular complexity index is 496. The second-order valence-electron chi connectivity index (χ2n) is 5.94. The normalized spacial score (nSPS) is 13.7. The van der Waals surface area contributed by atoms with Crippen LogP contribution in [-0.4, -0.2) is 20.6 Å². The summed E-state index contributed by atoms with van der Waals surface area (Å²) in [5.74, 6) is 0. The van der Waals surface area contributed by atoms with E-state index in [-0.39, 0.29) is 5.41 Å². The van der Waals surface area contributed by atoms with Gasteiger partial charge in [0.1, 0.15) is 5.01 Å². The first-order valence-electron chi connectivity index (χ1n) is 6.55. The minimum absolute atomic E-state index is 0.191. The monoisotopic (exact) mass is 278 g/mol. The van der Waals surface area contributed by atoms with Crippen LogP contribution >= 0.6 is 11.3 Å². The molecule has 19 heavy (non-hydrogen) atoms. The zero-order valence-electron chi connectivity index (χ0n) is 12.1. The summed E-state index contributed by atoms with van der Waals surface area (Å²) < 4.78 is 2.12. The Morgan fingerprint density at radius 2 is 2.21 bits per heavy atom. The summed E-state index contributed by atoms with van der Waals surface area (Å²) in [6.45, 7) is 10.6. The van der Waals surface area contributed by atoms with E-state index in [0.29, 0.717) is 6.04 Å². The van der Waals surface area contributed by atoms with Crippen molar-refractivity contribution in [3.63, 3.8) is 0 Å². The SMILES string of the molecule is Cc1csc(CNC(Cn2ccnc2)C(C)(C)C)n1. The van der Waals surface area contributed by atoms with Gasteiger partial charge in [0.2, 0.25) is 0 Å². The summed E-state index contributed by atoms with van der Waals surface area (Å²) >= 11 is 1.72. The van der Waals surface area contributed by atoms with Crippen LogP contribution < -0.4 is 5.32 Å². The lowest BCUT2D eigenvalue weighted by Gasteiger charge is -2.31. The van der Waals surface area contributed by atoms with Gasteiger partial charge in [-0.05, 0) is 12.3 Å². The molecular weight excluding hydrogens is 256 g/mol. The Morgan fingerprint density at radius 3 is 2.74 bits per heavy atom. The van der Waals surface area contributed by atoms with E-state index in [4.69, 9.17) is 0 Å². The van der Waals surface area contributed by atoms with Gasteiger partial charge >= 0.3 is 0 Å². The summed E-state index contributed by atoms with van der Waals surface area (Å²) in [6.07, 6.45) is 5.70. The third kappa shape index (κ3) is 4.14. The molecule has 0 amide bonds. The molecule has 0 aliphatic rings. The van der Waals surface area contributed by atoms with Crippen LogP contribution in [0.1, 0.15) is 31.5 Å². The fraction of sp³-hybridized carbons (Fsp3) is 0.571. The standard InChI is InChI=1S/C14H22N4S/c1-11-9-19-13(17-11)7-16-12(14(2,3)4)8-18-6-5-15-10-18/h5-6,9-10,12,16H,7-8H2,1-4H3. The molecule has 1 unspecified atom stereocenters. The summed E-state index contributed by atoms with van der Waals surface area (Å²) in [5.41, 5.74) is 1.29. The first kappa shape index (κ1) is 14.2. The van der Waals surface area contributed by atoms with Crippen LogP contribution in [0.25, 0.3) is 0 Å². The van der Waals surface area contributed by atoms with E-state index in [9.17, 15) is 0 Å². The summed E-state index contributed by atoms with van der Waals surface area (Å²) in [7, 11) is 0. The molecule has 0 bridgehead atoms. The number of nitrogens with one attached hydrogen (secondary N) is 1. The van der Waals surface area contributed by atoms with Crippen molar-refractivity contribution in [1.29, 1.82) is 0 Å². The number of aryl methyl sites for hydroxylation is 1. The van der Waals surface area contributed by atoms with Gasteiger partial charge in [-0.3, -0.25) is 0 Å². The lowest BCUT2D eigenvalue weighted by molar-refractivity contribution is 0.240. The highest BCUT2D eigenvalue weighted by Crippen LogP contribution is 2.21. The number of imidazole rings is 1. The Labute approximate surface area is 118 Å². The molecule has 0 spiro atoms. The Balaban J connectivity index is 1.98. The zero-order valence-corrected chi connectivity index (χ0v) is 12.9. The van der Waals surface area contributed by atoms with Gasteiger partial charge in [0.15, 0.2) is 0 Å². The molecule has 2 heterocycles. The lowest BCUT2D eigenvalue weighted by atomic mass is 9.86. The second-order valence-corrected chi connectivity index (χ2v) is 6.88. The smallest absolute Gasteiger partial charge is 0.107 e. The summed E-state index contributed by atoms with van der Waals surface area (Å²) in [4.78, 5) is 8.60. The van der Waals surface area contributed by atoms with Gasteiger partial charge in [-0.2, -0.15) is 0 Å². The number of hydrogen-bond acceptors (Lipinski definition) is 4.